The first kappa shape index (κ1) is 12.2. The largest absolute Gasteiger partial charge is 0.309 e. The van der Waals surface area contributed by atoms with Gasteiger partial charge < -0.3 is 5.32 Å². The lowest BCUT2D eigenvalue weighted by molar-refractivity contribution is 0.554. The highest BCUT2D eigenvalue weighted by molar-refractivity contribution is 7.09. The van der Waals surface area contributed by atoms with E-state index in [1.807, 2.05) is 17.9 Å². The molecule has 2 heterocycles. The van der Waals surface area contributed by atoms with E-state index in [4.69, 9.17) is 0 Å². The summed E-state index contributed by atoms with van der Waals surface area (Å²) in [6.45, 7) is 5.17. The van der Waals surface area contributed by atoms with Crippen molar-refractivity contribution in [3.05, 3.63) is 46.2 Å². The van der Waals surface area contributed by atoms with Crippen LogP contribution in [-0.2, 0) is 6.42 Å². The van der Waals surface area contributed by atoms with E-state index in [1.54, 1.807) is 11.3 Å². The second-order valence-corrected chi connectivity index (χ2v) is 4.86. The van der Waals surface area contributed by atoms with Gasteiger partial charge in [0.1, 0.15) is 0 Å². The number of likely N-dealkylation sites (N-methyl/N-ethyl adjacent to an activating group) is 1. The van der Waals surface area contributed by atoms with Crippen molar-refractivity contribution in [2.75, 3.05) is 6.54 Å². The molecule has 1 N–H and O–H groups in total. The first-order valence-electron chi connectivity index (χ1n) is 5.83. The van der Waals surface area contributed by atoms with E-state index in [9.17, 15) is 0 Å². The molecular weight excluding hydrogens is 230 g/mol. The van der Waals surface area contributed by atoms with E-state index in [-0.39, 0.29) is 0 Å². The van der Waals surface area contributed by atoms with Crippen molar-refractivity contribution in [1.82, 2.24) is 15.3 Å². The van der Waals surface area contributed by atoms with Crippen LogP contribution in [0.15, 0.2) is 30.0 Å². The van der Waals surface area contributed by atoms with Crippen molar-refractivity contribution in [2.24, 2.45) is 0 Å². The van der Waals surface area contributed by atoms with E-state index in [1.165, 1.54) is 10.4 Å². The normalized spacial score (nSPS) is 12.6. The Bertz CT molecular complexity index is 453. The molecule has 90 valence electrons. The highest BCUT2D eigenvalue weighted by Crippen LogP contribution is 2.24. The number of nitrogens with one attached hydrogen (secondary N) is 1. The van der Waals surface area contributed by atoms with E-state index < -0.39 is 0 Å². The van der Waals surface area contributed by atoms with E-state index >= 15 is 0 Å². The third-order valence-electron chi connectivity index (χ3n) is 2.74. The fraction of sp³-hybridized carbons (Fsp3) is 0.385. The van der Waals surface area contributed by atoms with Gasteiger partial charge in [0.15, 0.2) is 0 Å². The van der Waals surface area contributed by atoms with Crippen LogP contribution in [-0.4, -0.2) is 16.5 Å². The molecule has 0 aliphatic heterocycles. The number of aromatic nitrogens is 2. The number of nitrogens with zero attached hydrogens (tertiary/aromatic N) is 2. The maximum absolute atomic E-state index is 4.33. The summed E-state index contributed by atoms with van der Waals surface area (Å²) in [4.78, 5) is 9.71. The maximum Gasteiger partial charge on any atom is 0.0798 e. The van der Waals surface area contributed by atoms with Crippen LogP contribution in [0, 0.1) is 6.92 Å². The van der Waals surface area contributed by atoms with Gasteiger partial charge in [0.05, 0.1) is 11.2 Å². The van der Waals surface area contributed by atoms with Gasteiger partial charge in [-0.3, -0.25) is 4.98 Å². The third-order valence-corrected chi connectivity index (χ3v) is 3.78. The SMILES string of the molecule is CCNC(Cc1ccncc1)c1scnc1C. The Labute approximate surface area is 106 Å². The Morgan fingerprint density at radius 1 is 1.35 bits per heavy atom. The quantitative estimate of drug-likeness (QED) is 0.883. The van der Waals surface area contributed by atoms with Crippen LogP contribution >= 0.6 is 11.3 Å². The molecule has 0 amide bonds. The van der Waals surface area contributed by atoms with Gasteiger partial charge >= 0.3 is 0 Å². The number of hydrogen-bond donors (Lipinski definition) is 1. The van der Waals surface area contributed by atoms with Crippen molar-refractivity contribution in [3.63, 3.8) is 0 Å². The predicted octanol–water partition coefficient (Wildman–Crippen LogP) is 2.74. The minimum atomic E-state index is 0.356. The number of aryl methyl sites for hydroxylation is 1. The third kappa shape index (κ3) is 3.11. The molecule has 4 heteroatoms. The molecule has 0 aliphatic rings. The number of pyridine rings is 1. The van der Waals surface area contributed by atoms with E-state index in [0.29, 0.717) is 6.04 Å². The van der Waals surface area contributed by atoms with Gasteiger partial charge in [-0.1, -0.05) is 6.92 Å². The molecular formula is C13H17N3S. The van der Waals surface area contributed by atoms with E-state index in [0.717, 1.165) is 18.7 Å². The molecule has 2 aromatic heterocycles. The monoisotopic (exact) mass is 247 g/mol. The standard InChI is InChI=1S/C13H17N3S/c1-3-15-12(13-10(2)16-9-17-13)8-11-4-6-14-7-5-11/h4-7,9,12,15H,3,8H2,1-2H3. The van der Waals surface area contributed by atoms with Crippen molar-refractivity contribution < 1.29 is 0 Å². The van der Waals surface area contributed by atoms with Crippen LogP contribution in [0.5, 0.6) is 0 Å². The smallest absolute Gasteiger partial charge is 0.0798 e. The minimum absolute atomic E-state index is 0.356. The Hall–Kier alpha value is -1.26. The first-order chi connectivity index (χ1) is 8.31. The Morgan fingerprint density at radius 2 is 2.12 bits per heavy atom. The van der Waals surface area contributed by atoms with Crippen molar-refractivity contribution in [3.8, 4) is 0 Å². The highest BCUT2D eigenvalue weighted by atomic mass is 32.1. The Morgan fingerprint density at radius 3 is 2.71 bits per heavy atom. The summed E-state index contributed by atoms with van der Waals surface area (Å²) in [5, 5.41) is 3.52. The van der Waals surface area contributed by atoms with Gasteiger partial charge in [0.25, 0.3) is 0 Å². The minimum Gasteiger partial charge on any atom is -0.309 e. The molecule has 0 saturated heterocycles. The zero-order valence-corrected chi connectivity index (χ0v) is 11.0. The second-order valence-electron chi connectivity index (χ2n) is 3.97. The summed E-state index contributed by atoms with van der Waals surface area (Å²) < 4.78 is 0. The number of thiazole rings is 1. The lowest BCUT2D eigenvalue weighted by Crippen LogP contribution is -2.22. The molecule has 0 fully saturated rings. The van der Waals surface area contributed by atoms with Crippen LogP contribution in [0.25, 0.3) is 0 Å². The molecule has 2 rings (SSSR count). The lowest BCUT2D eigenvalue weighted by Gasteiger charge is -2.17. The molecule has 1 unspecified atom stereocenters. The summed E-state index contributed by atoms with van der Waals surface area (Å²) in [5.41, 5.74) is 4.36. The maximum atomic E-state index is 4.33. The molecule has 1 atom stereocenters. The summed E-state index contributed by atoms with van der Waals surface area (Å²) in [7, 11) is 0. The van der Waals surface area contributed by atoms with Gasteiger partial charge in [-0.25, -0.2) is 4.98 Å². The first-order valence-corrected chi connectivity index (χ1v) is 6.71. The average molecular weight is 247 g/mol. The molecule has 0 spiro atoms. The highest BCUT2D eigenvalue weighted by Gasteiger charge is 2.15. The molecule has 3 nitrogen and oxygen atoms in total. The molecule has 0 radical (unpaired) electrons. The molecule has 0 aromatic carbocycles. The predicted molar refractivity (Wildman–Crippen MR) is 71.2 cm³/mol. The Kier molecular flexibility index (Phi) is 4.23. The molecule has 0 aliphatic carbocycles. The average Bonchev–Trinajstić information content (AvgIpc) is 2.76. The molecule has 17 heavy (non-hydrogen) atoms. The summed E-state index contributed by atoms with van der Waals surface area (Å²) >= 11 is 1.73. The second kappa shape index (κ2) is 5.89. The van der Waals surface area contributed by atoms with Crippen LogP contribution in [0.1, 0.15) is 29.1 Å². The number of hydrogen-bond acceptors (Lipinski definition) is 4. The molecule has 0 bridgehead atoms. The van der Waals surface area contributed by atoms with Gasteiger partial charge in [-0.15, -0.1) is 11.3 Å². The van der Waals surface area contributed by atoms with Crippen molar-refractivity contribution in [2.45, 2.75) is 26.3 Å². The van der Waals surface area contributed by atoms with Gasteiger partial charge in [-0.2, -0.15) is 0 Å². The molecule has 2 aromatic rings. The van der Waals surface area contributed by atoms with Crippen LogP contribution in [0.4, 0.5) is 0 Å². The van der Waals surface area contributed by atoms with Crippen molar-refractivity contribution >= 4 is 11.3 Å². The van der Waals surface area contributed by atoms with Crippen LogP contribution in [0.3, 0.4) is 0 Å². The van der Waals surface area contributed by atoms with Gasteiger partial charge in [0.2, 0.25) is 0 Å². The fourth-order valence-corrected chi connectivity index (χ4v) is 2.78. The summed E-state index contributed by atoms with van der Waals surface area (Å²) in [6, 6.07) is 4.50. The Balaban J connectivity index is 2.16. The fourth-order valence-electron chi connectivity index (χ4n) is 1.90. The van der Waals surface area contributed by atoms with Crippen LogP contribution < -0.4 is 5.32 Å². The van der Waals surface area contributed by atoms with Gasteiger partial charge in [0, 0.05) is 23.3 Å². The number of rotatable bonds is 5. The zero-order chi connectivity index (χ0) is 12.1. The molecule has 0 saturated carbocycles. The van der Waals surface area contributed by atoms with E-state index in [2.05, 4.69) is 41.3 Å². The zero-order valence-electron chi connectivity index (χ0n) is 10.2. The van der Waals surface area contributed by atoms with Crippen molar-refractivity contribution in [1.29, 1.82) is 0 Å². The topological polar surface area (TPSA) is 37.8 Å². The van der Waals surface area contributed by atoms with Crippen LogP contribution in [0.2, 0.25) is 0 Å². The lowest BCUT2D eigenvalue weighted by atomic mass is 10.0. The van der Waals surface area contributed by atoms with Gasteiger partial charge in [-0.05, 0) is 37.6 Å². The summed E-state index contributed by atoms with van der Waals surface area (Å²) in [6.07, 6.45) is 4.68. The summed E-state index contributed by atoms with van der Waals surface area (Å²) in [5.74, 6) is 0.